The van der Waals surface area contributed by atoms with Crippen LogP contribution in [0.4, 0.5) is 11.4 Å². The lowest BCUT2D eigenvalue weighted by Crippen LogP contribution is -1.91. The molecule has 0 aliphatic carbocycles. The molecule has 0 amide bonds. The van der Waals surface area contributed by atoms with Gasteiger partial charge in [-0.1, -0.05) is 121 Å². The number of nitrogens with one attached hydrogen (secondary N) is 1. The molecule has 1 heteroatoms. The van der Waals surface area contributed by atoms with Gasteiger partial charge in [-0.05, 0) is 91.3 Å². The Balaban J connectivity index is 1.18. The van der Waals surface area contributed by atoms with Gasteiger partial charge in [0.15, 0.2) is 0 Å². The quantitative estimate of drug-likeness (QED) is 0.249. The monoisotopic (exact) mass is 497 g/mol. The molecular weight excluding hydrogens is 470 g/mol. The van der Waals surface area contributed by atoms with Gasteiger partial charge in [-0.2, -0.15) is 0 Å². The molecule has 7 aromatic rings. The number of benzene rings is 7. The molecule has 1 N–H and O–H groups in total. The Morgan fingerprint density at radius 1 is 0.308 bits per heavy atom. The first-order chi connectivity index (χ1) is 19.3. The van der Waals surface area contributed by atoms with Crippen molar-refractivity contribution in [3.8, 4) is 33.4 Å². The largest absolute Gasteiger partial charge is 0.356 e. The summed E-state index contributed by atoms with van der Waals surface area (Å²) in [5.41, 5.74) is 9.54. The number of hydrogen-bond acceptors (Lipinski definition) is 1. The average Bonchev–Trinajstić information content (AvgIpc) is 3.01. The van der Waals surface area contributed by atoms with Crippen LogP contribution in [-0.2, 0) is 0 Å². The van der Waals surface area contributed by atoms with Gasteiger partial charge in [0.2, 0.25) is 0 Å². The first kappa shape index (κ1) is 23.0. The predicted molar refractivity (Wildman–Crippen MR) is 167 cm³/mol. The summed E-state index contributed by atoms with van der Waals surface area (Å²) < 4.78 is 0. The number of hydrogen-bond donors (Lipinski definition) is 1. The highest BCUT2D eigenvalue weighted by Gasteiger charge is 2.10. The van der Waals surface area contributed by atoms with Crippen molar-refractivity contribution in [2.45, 2.75) is 0 Å². The van der Waals surface area contributed by atoms with E-state index in [2.05, 4.69) is 163 Å². The maximum atomic E-state index is 3.57. The molecule has 7 rings (SSSR count). The van der Waals surface area contributed by atoms with Crippen LogP contribution in [0.5, 0.6) is 0 Å². The maximum Gasteiger partial charge on any atom is 0.0384 e. The van der Waals surface area contributed by atoms with E-state index in [1.165, 1.54) is 54.9 Å². The summed E-state index contributed by atoms with van der Waals surface area (Å²) in [7, 11) is 0. The topological polar surface area (TPSA) is 12.0 Å². The molecule has 184 valence electrons. The Morgan fingerprint density at radius 2 is 0.769 bits per heavy atom. The second-order valence-electron chi connectivity index (χ2n) is 9.92. The van der Waals surface area contributed by atoms with Crippen LogP contribution < -0.4 is 5.32 Å². The van der Waals surface area contributed by atoms with E-state index >= 15 is 0 Å². The normalized spacial score (nSPS) is 11.1. The van der Waals surface area contributed by atoms with Crippen molar-refractivity contribution in [3.63, 3.8) is 0 Å². The maximum absolute atomic E-state index is 3.57. The molecule has 0 spiro atoms. The summed E-state index contributed by atoms with van der Waals surface area (Å²) in [5, 5.41) is 8.62. The zero-order chi connectivity index (χ0) is 26.0. The van der Waals surface area contributed by atoms with Crippen molar-refractivity contribution in [2.75, 3.05) is 5.32 Å². The van der Waals surface area contributed by atoms with Gasteiger partial charge in [0.1, 0.15) is 0 Å². The number of fused-ring (bicyclic) bond motifs is 2. The highest BCUT2D eigenvalue weighted by molar-refractivity contribution is 5.98. The Morgan fingerprint density at radius 3 is 1.38 bits per heavy atom. The van der Waals surface area contributed by atoms with Crippen LogP contribution in [0.2, 0.25) is 0 Å². The number of anilines is 2. The minimum absolute atomic E-state index is 1.07. The third-order valence-electron chi connectivity index (χ3n) is 7.44. The van der Waals surface area contributed by atoms with Gasteiger partial charge >= 0.3 is 0 Å². The Labute approximate surface area is 229 Å². The zero-order valence-electron chi connectivity index (χ0n) is 21.5. The SMILES string of the molecule is c1ccc(-c2cc3ccccc3cc2-c2ccc(Nc3ccc(-c4cccc5ccccc45)cc3)cc2)cc1. The minimum atomic E-state index is 1.07. The van der Waals surface area contributed by atoms with Gasteiger partial charge in [0, 0.05) is 11.4 Å². The van der Waals surface area contributed by atoms with Crippen molar-refractivity contribution in [1.82, 2.24) is 0 Å². The highest BCUT2D eigenvalue weighted by Crippen LogP contribution is 2.36. The van der Waals surface area contributed by atoms with Crippen LogP contribution in [0.3, 0.4) is 0 Å². The molecule has 1 nitrogen and oxygen atoms in total. The Hall–Kier alpha value is -5.14. The lowest BCUT2D eigenvalue weighted by molar-refractivity contribution is 1.54. The molecule has 0 bridgehead atoms. The summed E-state index contributed by atoms with van der Waals surface area (Å²) >= 11 is 0. The smallest absolute Gasteiger partial charge is 0.0384 e. The van der Waals surface area contributed by atoms with Crippen molar-refractivity contribution < 1.29 is 0 Å². The number of rotatable bonds is 5. The fraction of sp³-hybridized carbons (Fsp3) is 0. The lowest BCUT2D eigenvalue weighted by Gasteiger charge is -2.14. The van der Waals surface area contributed by atoms with Crippen LogP contribution in [0, 0.1) is 0 Å². The molecule has 0 aliphatic heterocycles. The van der Waals surface area contributed by atoms with Crippen LogP contribution in [0.25, 0.3) is 54.9 Å². The first-order valence-corrected chi connectivity index (χ1v) is 13.4. The average molecular weight is 498 g/mol. The van der Waals surface area contributed by atoms with Crippen molar-refractivity contribution >= 4 is 32.9 Å². The van der Waals surface area contributed by atoms with Gasteiger partial charge in [-0.15, -0.1) is 0 Å². The molecular formula is C38H27N. The molecule has 39 heavy (non-hydrogen) atoms. The van der Waals surface area contributed by atoms with E-state index in [-0.39, 0.29) is 0 Å². The van der Waals surface area contributed by atoms with Gasteiger partial charge in [-0.3, -0.25) is 0 Å². The van der Waals surface area contributed by atoms with E-state index in [1.807, 2.05) is 0 Å². The molecule has 0 fully saturated rings. The van der Waals surface area contributed by atoms with E-state index in [0.29, 0.717) is 0 Å². The standard InChI is InChI=1S/C38H27N/c1-2-9-28(10-3-1)37-25-31-12-4-5-13-32(31)26-38(37)30-19-23-34(24-20-30)39-33-21-17-29(18-22-33)36-16-8-14-27-11-6-7-15-35(27)36/h1-26,39H. The molecule has 0 aliphatic rings. The van der Waals surface area contributed by atoms with Gasteiger partial charge in [0.05, 0.1) is 0 Å². The highest BCUT2D eigenvalue weighted by atomic mass is 14.9. The van der Waals surface area contributed by atoms with Crippen LogP contribution in [-0.4, -0.2) is 0 Å². The summed E-state index contributed by atoms with van der Waals surface area (Å²) in [6.07, 6.45) is 0. The molecule has 0 atom stereocenters. The fourth-order valence-corrected chi connectivity index (χ4v) is 5.45. The fourth-order valence-electron chi connectivity index (χ4n) is 5.45. The van der Waals surface area contributed by atoms with Gasteiger partial charge in [0.25, 0.3) is 0 Å². The molecule has 0 heterocycles. The second-order valence-corrected chi connectivity index (χ2v) is 9.92. The first-order valence-electron chi connectivity index (χ1n) is 13.4. The van der Waals surface area contributed by atoms with E-state index in [1.54, 1.807) is 0 Å². The molecule has 0 unspecified atom stereocenters. The Bertz CT molecular complexity index is 1900. The minimum Gasteiger partial charge on any atom is -0.356 e. The summed E-state index contributed by atoms with van der Waals surface area (Å²) in [4.78, 5) is 0. The van der Waals surface area contributed by atoms with Crippen molar-refractivity contribution in [3.05, 3.63) is 158 Å². The van der Waals surface area contributed by atoms with Crippen molar-refractivity contribution in [1.29, 1.82) is 0 Å². The van der Waals surface area contributed by atoms with Crippen LogP contribution in [0.1, 0.15) is 0 Å². The molecule has 0 saturated carbocycles. The summed E-state index contributed by atoms with van der Waals surface area (Å²) in [5.74, 6) is 0. The Kier molecular flexibility index (Phi) is 5.88. The third-order valence-corrected chi connectivity index (χ3v) is 7.44. The third kappa shape index (κ3) is 4.56. The molecule has 0 saturated heterocycles. The molecule has 7 aromatic carbocycles. The predicted octanol–water partition coefficient (Wildman–Crippen LogP) is 10.7. The molecule has 0 aromatic heterocycles. The van der Waals surface area contributed by atoms with Crippen LogP contribution in [0.15, 0.2) is 158 Å². The van der Waals surface area contributed by atoms with E-state index < -0.39 is 0 Å². The summed E-state index contributed by atoms with van der Waals surface area (Å²) in [6, 6.07) is 56.3. The lowest BCUT2D eigenvalue weighted by atomic mass is 9.91. The zero-order valence-corrected chi connectivity index (χ0v) is 21.5. The summed E-state index contributed by atoms with van der Waals surface area (Å²) in [6.45, 7) is 0. The van der Waals surface area contributed by atoms with E-state index in [4.69, 9.17) is 0 Å². The van der Waals surface area contributed by atoms with E-state index in [9.17, 15) is 0 Å². The molecule has 0 radical (unpaired) electrons. The van der Waals surface area contributed by atoms with Gasteiger partial charge < -0.3 is 5.32 Å². The van der Waals surface area contributed by atoms with Crippen LogP contribution >= 0.6 is 0 Å². The van der Waals surface area contributed by atoms with E-state index in [0.717, 1.165) is 11.4 Å². The second kappa shape index (κ2) is 9.96. The van der Waals surface area contributed by atoms with Gasteiger partial charge in [-0.25, -0.2) is 0 Å². The van der Waals surface area contributed by atoms with Crippen molar-refractivity contribution in [2.24, 2.45) is 0 Å².